The molecule has 1 saturated heterocycles. The van der Waals surface area contributed by atoms with Gasteiger partial charge in [-0.2, -0.15) is 9.40 Å². The monoisotopic (exact) mass is 390 g/mol. The van der Waals surface area contributed by atoms with Crippen molar-refractivity contribution in [1.82, 2.24) is 18.4 Å². The van der Waals surface area contributed by atoms with Crippen molar-refractivity contribution in [2.24, 2.45) is 7.05 Å². The quantitative estimate of drug-likeness (QED) is 0.757. The van der Waals surface area contributed by atoms with E-state index in [1.165, 1.54) is 25.7 Å². The van der Waals surface area contributed by atoms with Crippen molar-refractivity contribution in [3.63, 3.8) is 0 Å². The highest BCUT2D eigenvalue weighted by Gasteiger charge is 2.36. The molecule has 0 N–H and O–H groups in total. The van der Waals surface area contributed by atoms with Crippen LogP contribution in [-0.2, 0) is 27.1 Å². The summed E-state index contributed by atoms with van der Waals surface area (Å²) in [5.41, 5.74) is 0. The zero-order chi connectivity index (χ0) is 18.1. The van der Waals surface area contributed by atoms with Crippen molar-refractivity contribution in [3.8, 4) is 0 Å². The molecule has 0 atom stereocenters. The lowest BCUT2D eigenvalue weighted by atomic mass is 10.0. The van der Waals surface area contributed by atoms with Gasteiger partial charge in [0, 0.05) is 39.4 Å². The number of rotatable bonds is 4. The molecule has 1 aliphatic carbocycles. The maximum absolute atomic E-state index is 12.9. The summed E-state index contributed by atoms with van der Waals surface area (Å²) in [6, 6.07) is 0. The smallest absolute Gasteiger partial charge is 0.246 e. The minimum atomic E-state index is -3.63. The average molecular weight is 391 g/mol. The van der Waals surface area contributed by atoms with Gasteiger partial charge in [0.25, 0.3) is 0 Å². The van der Waals surface area contributed by atoms with Crippen LogP contribution in [0.1, 0.15) is 38.5 Å². The summed E-state index contributed by atoms with van der Waals surface area (Å²) >= 11 is 0. The highest BCUT2D eigenvalue weighted by atomic mass is 32.2. The van der Waals surface area contributed by atoms with Crippen LogP contribution in [0.4, 0.5) is 0 Å². The molecule has 0 bridgehead atoms. The molecule has 0 spiro atoms. The Morgan fingerprint density at radius 1 is 0.920 bits per heavy atom. The first kappa shape index (κ1) is 18.8. The Morgan fingerprint density at radius 3 is 2.20 bits per heavy atom. The average Bonchev–Trinajstić information content (AvgIpc) is 2.88. The third kappa shape index (κ3) is 3.91. The van der Waals surface area contributed by atoms with Crippen LogP contribution in [-0.4, -0.2) is 66.7 Å². The van der Waals surface area contributed by atoms with Gasteiger partial charge in [-0.3, -0.25) is 4.68 Å². The van der Waals surface area contributed by atoms with Crippen molar-refractivity contribution in [3.05, 3.63) is 12.4 Å². The fourth-order valence-electron chi connectivity index (χ4n) is 3.62. The fourth-order valence-corrected chi connectivity index (χ4v) is 7.15. The minimum Gasteiger partial charge on any atom is -0.274 e. The molecule has 2 fully saturated rings. The van der Waals surface area contributed by atoms with Crippen molar-refractivity contribution in [1.29, 1.82) is 0 Å². The Labute approximate surface area is 149 Å². The van der Waals surface area contributed by atoms with Gasteiger partial charge in [-0.1, -0.05) is 19.3 Å². The second-order valence-corrected chi connectivity index (χ2v) is 11.0. The van der Waals surface area contributed by atoms with Gasteiger partial charge in [-0.25, -0.2) is 21.1 Å². The Kier molecular flexibility index (Phi) is 5.52. The third-order valence-electron chi connectivity index (χ3n) is 5.07. The number of sulfonamides is 2. The first-order valence-electron chi connectivity index (χ1n) is 8.79. The zero-order valence-electron chi connectivity index (χ0n) is 14.5. The van der Waals surface area contributed by atoms with E-state index >= 15 is 0 Å². The van der Waals surface area contributed by atoms with Gasteiger partial charge in [-0.15, -0.1) is 0 Å². The third-order valence-corrected chi connectivity index (χ3v) is 9.32. The van der Waals surface area contributed by atoms with Crippen molar-refractivity contribution < 1.29 is 16.8 Å². The number of aromatic nitrogens is 2. The van der Waals surface area contributed by atoms with E-state index in [1.54, 1.807) is 7.05 Å². The standard InChI is InChI=1S/C15H26N4O4S2/c1-17-13-15(12-16-17)25(22,23)19-9-5-8-18(10-11-19)24(20,21)14-6-3-2-4-7-14/h12-14H,2-11H2,1H3. The van der Waals surface area contributed by atoms with E-state index in [2.05, 4.69) is 5.10 Å². The molecule has 0 radical (unpaired) electrons. The van der Waals surface area contributed by atoms with Gasteiger partial charge in [0.05, 0.1) is 11.4 Å². The Hall–Kier alpha value is -0.970. The van der Waals surface area contributed by atoms with Gasteiger partial charge in [-0.05, 0) is 19.3 Å². The summed E-state index contributed by atoms with van der Waals surface area (Å²) in [7, 11) is -5.31. The van der Waals surface area contributed by atoms with Crippen LogP contribution >= 0.6 is 0 Å². The molecule has 1 aliphatic heterocycles. The van der Waals surface area contributed by atoms with E-state index in [0.717, 1.165) is 32.1 Å². The largest absolute Gasteiger partial charge is 0.274 e. The van der Waals surface area contributed by atoms with Crippen LogP contribution in [0.3, 0.4) is 0 Å². The molecule has 2 aliphatic rings. The van der Waals surface area contributed by atoms with Crippen LogP contribution in [0.15, 0.2) is 17.3 Å². The maximum Gasteiger partial charge on any atom is 0.246 e. The summed E-state index contributed by atoms with van der Waals surface area (Å²) in [6.45, 7) is 1.12. The fraction of sp³-hybridized carbons (Fsp3) is 0.800. The molecule has 1 aromatic rings. The number of aryl methyl sites for hydroxylation is 1. The minimum absolute atomic E-state index is 0.151. The second-order valence-electron chi connectivity index (χ2n) is 6.81. The van der Waals surface area contributed by atoms with Crippen molar-refractivity contribution in [2.75, 3.05) is 26.2 Å². The first-order valence-corrected chi connectivity index (χ1v) is 11.7. The molecule has 0 unspecified atom stereocenters. The molecule has 3 rings (SSSR count). The molecular weight excluding hydrogens is 364 g/mol. The Balaban J connectivity index is 1.72. The summed E-state index contributed by atoms with van der Waals surface area (Å²) in [4.78, 5) is 0.151. The molecular formula is C15H26N4O4S2. The van der Waals surface area contributed by atoms with Gasteiger partial charge < -0.3 is 0 Å². The van der Waals surface area contributed by atoms with Gasteiger partial charge in [0.15, 0.2) is 0 Å². The van der Waals surface area contributed by atoms with Crippen LogP contribution in [0.2, 0.25) is 0 Å². The molecule has 0 amide bonds. The summed E-state index contributed by atoms with van der Waals surface area (Å²) in [6.07, 6.45) is 7.76. The second kappa shape index (κ2) is 7.34. The topological polar surface area (TPSA) is 92.6 Å². The van der Waals surface area contributed by atoms with Gasteiger partial charge in [0.1, 0.15) is 4.90 Å². The predicted octanol–water partition coefficient (Wildman–Crippen LogP) is 0.779. The molecule has 1 aromatic heterocycles. The molecule has 0 aromatic carbocycles. The van der Waals surface area contributed by atoms with E-state index in [9.17, 15) is 16.8 Å². The maximum atomic E-state index is 12.9. The molecule has 2 heterocycles. The summed E-state index contributed by atoms with van der Waals surface area (Å²) in [5.74, 6) is 0. The lowest BCUT2D eigenvalue weighted by Gasteiger charge is -2.28. The highest BCUT2D eigenvalue weighted by Crippen LogP contribution is 2.27. The van der Waals surface area contributed by atoms with E-state index in [-0.39, 0.29) is 23.2 Å². The molecule has 8 nitrogen and oxygen atoms in total. The van der Waals surface area contributed by atoms with Gasteiger partial charge >= 0.3 is 0 Å². The summed E-state index contributed by atoms with van der Waals surface area (Å²) < 4.78 is 55.5. The van der Waals surface area contributed by atoms with Crippen LogP contribution in [0.5, 0.6) is 0 Å². The molecule has 10 heteroatoms. The number of nitrogens with zero attached hydrogens (tertiary/aromatic N) is 4. The van der Waals surface area contributed by atoms with E-state index < -0.39 is 20.0 Å². The SMILES string of the molecule is Cn1cc(S(=O)(=O)N2CCCN(S(=O)(=O)C3CCCCC3)CC2)cn1. The Morgan fingerprint density at radius 2 is 1.56 bits per heavy atom. The van der Waals surface area contributed by atoms with Crippen LogP contribution < -0.4 is 0 Å². The predicted molar refractivity (Wildman–Crippen MR) is 93.9 cm³/mol. The number of hydrogen-bond donors (Lipinski definition) is 0. The lowest BCUT2D eigenvalue weighted by molar-refractivity contribution is 0.388. The normalized spacial score (nSPS) is 22.8. The van der Waals surface area contributed by atoms with Gasteiger partial charge in [0.2, 0.25) is 20.0 Å². The van der Waals surface area contributed by atoms with E-state index in [4.69, 9.17) is 0 Å². The van der Waals surface area contributed by atoms with Crippen molar-refractivity contribution in [2.45, 2.75) is 48.7 Å². The molecule has 142 valence electrons. The molecule has 25 heavy (non-hydrogen) atoms. The summed E-state index contributed by atoms with van der Waals surface area (Å²) in [5, 5.41) is 3.62. The lowest BCUT2D eigenvalue weighted by Crippen LogP contribution is -2.42. The van der Waals surface area contributed by atoms with Crippen LogP contribution in [0.25, 0.3) is 0 Å². The highest BCUT2D eigenvalue weighted by molar-refractivity contribution is 7.90. The van der Waals surface area contributed by atoms with E-state index in [1.807, 2.05) is 0 Å². The zero-order valence-corrected chi connectivity index (χ0v) is 16.2. The molecule has 1 saturated carbocycles. The first-order chi connectivity index (χ1) is 11.8. The van der Waals surface area contributed by atoms with Crippen LogP contribution in [0, 0.1) is 0 Å². The Bertz CT molecular complexity index is 797. The van der Waals surface area contributed by atoms with Crippen molar-refractivity contribution >= 4 is 20.0 Å². The number of hydrogen-bond acceptors (Lipinski definition) is 5. The van der Waals surface area contributed by atoms with E-state index in [0.29, 0.717) is 19.5 Å².